The van der Waals surface area contributed by atoms with Crippen LogP contribution in [0, 0.1) is 0 Å². The molecular weight excluding hydrogens is 445 g/mol. The number of anilines is 1. The number of guanidine groups is 1. The molecule has 1 atom stereocenters. The number of ether oxygens (including phenoxy) is 2. The minimum absolute atomic E-state index is 0. The third-order valence-corrected chi connectivity index (χ3v) is 3.99. The van der Waals surface area contributed by atoms with Crippen LogP contribution >= 0.6 is 24.0 Å². The second-order valence-electron chi connectivity index (χ2n) is 5.85. The van der Waals surface area contributed by atoms with Gasteiger partial charge in [0.2, 0.25) is 0 Å². The molecule has 2 aromatic rings. The zero-order valence-corrected chi connectivity index (χ0v) is 16.8. The highest BCUT2D eigenvalue weighted by atomic mass is 127. The lowest BCUT2D eigenvalue weighted by atomic mass is 10.0. The van der Waals surface area contributed by atoms with Crippen LogP contribution in [-0.4, -0.2) is 37.4 Å². The summed E-state index contributed by atoms with van der Waals surface area (Å²) in [6, 6.07) is 15.4. The fourth-order valence-corrected chi connectivity index (χ4v) is 2.63. The second kappa shape index (κ2) is 10.2. The molecule has 0 radical (unpaired) electrons. The monoisotopic (exact) mass is 469 g/mol. The minimum Gasteiger partial charge on any atom is -0.490 e. The fourth-order valence-electron chi connectivity index (χ4n) is 2.63. The van der Waals surface area contributed by atoms with Crippen molar-refractivity contribution < 1.29 is 14.6 Å². The van der Waals surface area contributed by atoms with E-state index in [1.165, 1.54) is 0 Å². The number of hydrogen-bond acceptors (Lipinski definition) is 4. The molecule has 6 nitrogen and oxygen atoms in total. The maximum absolute atomic E-state index is 9.58. The van der Waals surface area contributed by atoms with E-state index in [1.54, 1.807) is 0 Å². The molecule has 1 unspecified atom stereocenters. The van der Waals surface area contributed by atoms with Crippen LogP contribution in [0.15, 0.2) is 53.5 Å². The summed E-state index contributed by atoms with van der Waals surface area (Å²) in [7, 11) is 0. The zero-order chi connectivity index (χ0) is 17.5. The highest BCUT2D eigenvalue weighted by Crippen LogP contribution is 2.32. The first-order chi connectivity index (χ1) is 12.3. The average Bonchev–Trinajstić information content (AvgIpc) is 2.88. The Morgan fingerprint density at radius 1 is 1.12 bits per heavy atom. The normalized spacial score (nSPS) is 14.7. The number of nitrogens with one attached hydrogen (secondary N) is 1. The van der Waals surface area contributed by atoms with Gasteiger partial charge in [-0.2, -0.15) is 0 Å². The molecule has 3 rings (SSSR count). The number of aliphatic hydroxyl groups excluding tert-OH is 1. The Morgan fingerprint density at radius 2 is 1.85 bits per heavy atom. The topological polar surface area (TPSA) is 89.1 Å². The van der Waals surface area contributed by atoms with E-state index >= 15 is 0 Å². The van der Waals surface area contributed by atoms with Crippen LogP contribution in [-0.2, 0) is 0 Å². The van der Waals surface area contributed by atoms with Gasteiger partial charge in [-0.1, -0.05) is 30.3 Å². The van der Waals surface area contributed by atoms with Gasteiger partial charge < -0.3 is 25.6 Å². The molecule has 0 bridgehead atoms. The van der Waals surface area contributed by atoms with E-state index in [0.29, 0.717) is 31.5 Å². The van der Waals surface area contributed by atoms with Gasteiger partial charge >= 0.3 is 0 Å². The SMILES string of the molecule is I.NC(=NCC(CO)c1ccccc1)Nc1ccc2c(c1)OCCCO2. The molecule has 0 aromatic heterocycles. The van der Waals surface area contributed by atoms with Crippen LogP contribution in [0.25, 0.3) is 0 Å². The number of aliphatic imine (C=N–C) groups is 1. The summed E-state index contributed by atoms with van der Waals surface area (Å²) < 4.78 is 11.3. The van der Waals surface area contributed by atoms with Gasteiger partial charge in [0.1, 0.15) is 0 Å². The quantitative estimate of drug-likeness (QED) is 0.356. The number of hydrogen-bond donors (Lipinski definition) is 3. The number of benzene rings is 2. The summed E-state index contributed by atoms with van der Waals surface area (Å²) in [5, 5.41) is 12.6. The molecule has 0 spiro atoms. The smallest absolute Gasteiger partial charge is 0.193 e. The van der Waals surface area contributed by atoms with Crippen LogP contribution in [0.5, 0.6) is 11.5 Å². The first-order valence-corrected chi connectivity index (χ1v) is 8.38. The Balaban J connectivity index is 0.00000243. The Hall–Kier alpha value is -2.00. The number of fused-ring (bicyclic) bond motifs is 1. The number of rotatable bonds is 5. The van der Waals surface area contributed by atoms with E-state index in [0.717, 1.165) is 23.4 Å². The van der Waals surface area contributed by atoms with Crippen molar-refractivity contribution in [3.63, 3.8) is 0 Å². The molecule has 1 aliphatic heterocycles. The first kappa shape index (κ1) is 20.3. The summed E-state index contributed by atoms with van der Waals surface area (Å²) in [6.07, 6.45) is 0.864. The summed E-state index contributed by atoms with van der Waals surface area (Å²) in [5.41, 5.74) is 7.80. The van der Waals surface area contributed by atoms with E-state index < -0.39 is 0 Å². The molecule has 0 aliphatic carbocycles. The van der Waals surface area contributed by atoms with Gasteiger partial charge in [0.25, 0.3) is 0 Å². The lowest BCUT2D eigenvalue weighted by molar-refractivity contribution is 0.268. The zero-order valence-electron chi connectivity index (χ0n) is 14.4. The molecule has 0 fully saturated rings. The van der Waals surface area contributed by atoms with Gasteiger partial charge in [0, 0.05) is 24.1 Å². The Bertz CT molecular complexity index is 725. The summed E-state index contributed by atoms with van der Waals surface area (Å²) >= 11 is 0. The van der Waals surface area contributed by atoms with Crippen molar-refractivity contribution in [2.24, 2.45) is 10.7 Å². The second-order valence-corrected chi connectivity index (χ2v) is 5.85. The molecule has 4 N–H and O–H groups in total. The average molecular weight is 469 g/mol. The standard InChI is InChI=1S/C19H23N3O3.HI/c20-19(21-12-15(13-23)14-5-2-1-3-6-14)22-16-7-8-17-18(11-16)25-10-4-9-24-17;/h1-3,5-8,11,15,23H,4,9-10,12-13H2,(H3,20,21,22);1H. The van der Waals surface area contributed by atoms with Crippen LogP contribution in [0.2, 0.25) is 0 Å². The fraction of sp³-hybridized carbons (Fsp3) is 0.316. The van der Waals surface area contributed by atoms with Crippen molar-refractivity contribution in [3.05, 3.63) is 54.1 Å². The minimum atomic E-state index is -0.0784. The summed E-state index contributed by atoms with van der Waals surface area (Å²) in [5.74, 6) is 1.66. The highest BCUT2D eigenvalue weighted by Gasteiger charge is 2.12. The lowest BCUT2D eigenvalue weighted by Crippen LogP contribution is -2.24. The Morgan fingerprint density at radius 3 is 2.58 bits per heavy atom. The molecule has 140 valence electrons. The third-order valence-electron chi connectivity index (χ3n) is 3.99. The van der Waals surface area contributed by atoms with E-state index in [-0.39, 0.29) is 36.5 Å². The molecule has 1 aliphatic rings. The van der Waals surface area contributed by atoms with Crippen molar-refractivity contribution >= 4 is 35.6 Å². The highest BCUT2D eigenvalue weighted by molar-refractivity contribution is 14.0. The molecule has 26 heavy (non-hydrogen) atoms. The molecule has 0 saturated heterocycles. The van der Waals surface area contributed by atoms with Gasteiger partial charge in [0.05, 0.1) is 26.4 Å². The van der Waals surface area contributed by atoms with Crippen molar-refractivity contribution in [3.8, 4) is 11.5 Å². The molecule has 7 heteroatoms. The number of nitrogens with zero attached hydrogens (tertiary/aromatic N) is 1. The van der Waals surface area contributed by atoms with E-state index in [4.69, 9.17) is 15.2 Å². The molecule has 0 saturated carbocycles. The maximum atomic E-state index is 9.58. The van der Waals surface area contributed by atoms with Crippen LogP contribution in [0.1, 0.15) is 17.9 Å². The lowest BCUT2D eigenvalue weighted by Gasteiger charge is -2.13. The van der Waals surface area contributed by atoms with Crippen LogP contribution in [0.4, 0.5) is 5.69 Å². The van der Waals surface area contributed by atoms with Crippen molar-refractivity contribution in [1.29, 1.82) is 0 Å². The first-order valence-electron chi connectivity index (χ1n) is 8.38. The van der Waals surface area contributed by atoms with Gasteiger partial charge in [-0.05, 0) is 17.7 Å². The van der Waals surface area contributed by atoms with Crippen molar-refractivity contribution in [2.75, 3.05) is 31.7 Å². The summed E-state index contributed by atoms with van der Waals surface area (Å²) in [6.45, 7) is 1.72. The molecule has 0 amide bonds. The molecule has 2 aromatic carbocycles. The maximum Gasteiger partial charge on any atom is 0.193 e. The number of nitrogens with two attached hydrogens (primary N) is 1. The van der Waals surface area contributed by atoms with Crippen molar-refractivity contribution in [1.82, 2.24) is 0 Å². The van der Waals surface area contributed by atoms with E-state index in [2.05, 4.69) is 10.3 Å². The van der Waals surface area contributed by atoms with E-state index in [1.807, 2.05) is 48.5 Å². The molecular formula is C19H24IN3O3. The van der Waals surface area contributed by atoms with Gasteiger partial charge in [0.15, 0.2) is 17.5 Å². The van der Waals surface area contributed by atoms with Gasteiger partial charge in [-0.25, -0.2) is 0 Å². The third kappa shape index (κ3) is 5.50. The summed E-state index contributed by atoms with van der Waals surface area (Å²) in [4.78, 5) is 4.35. The predicted molar refractivity (Wildman–Crippen MR) is 114 cm³/mol. The van der Waals surface area contributed by atoms with Crippen LogP contribution < -0.4 is 20.5 Å². The largest absolute Gasteiger partial charge is 0.490 e. The number of aliphatic hydroxyl groups is 1. The van der Waals surface area contributed by atoms with Crippen LogP contribution in [0.3, 0.4) is 0 Å². The van der Waals surface area contributed by atoms with Gasteiger partial charge in [-0.3, -0.25) is 4.99 Å². The Kier molecular flexibility index (Phi) is 7.99. The van der Waals surface area contributed by atoms with E-state index in [9.17, 15) is 5.11 Å². The molecule has 1 heterocycles. The van der Waals surface area contributed by atoms with Crippen molar-refractivity contribution in [2.45, 2.75) is 12.3 Å². The Labute approximate surface area is 170 Å². The van der Waals surface area contributed by atoms with Gasteiger partial charge in [-0.15, -0.1) is 24.0 Å². The number of halogens is 1. The predicted octanol–water partition coefficient (Wildman–Crippen LogP) is 2.97.